The summed E-state index contributed by atoms with van der Waals surface area (Å²) in [6.45, 7) is 0. The van der Waals surface area contributed by atoms with E-state index in [2.05, 4.69) is 158 Å². The normalized spacial score (nSPS) is 11.6. The number of benzene rings is 7. The fraction of sp³-hybridized carbons (Fsp3) is 0. The molecule has 7 aromatic carbocycles. The van der Waals surface area contributed by atoms with E-state index in [0.717, 1.165) is 27.8 Å². The number of nitrogens with zero attached hydrogens (tertiary/aromatic N) is 3. The molecule has 0 bridgehead atoms. The van der Waals surface area contributed by atoms with E-state index >= 15 is 0 Å². The van der Waals surface area contributed by atoms with Gasteiger partial charge >= 0.3 is 0 Å². The minimum absolute atomic E-state index is 0.649. The molecular formula is C45H27N3S2. The molecule has 0 atom stereocenters. The third-order valence-electron chi connectivity index (χ3n) is 9.38. The van der Waals surface area contributed by atoms with Gasteiger partial charge in [0.15, 0.2) is 17.5 Å². The molecule has 0 aliphatic carbocycles. The highest BCUT2D eigenvalue weighted by atomic mass is 32.1. The van der Waals surface area contributed by atoms with Gasteiger partial charge in [-0.3, -0.25) is 0 Å². The first-order valence-electron chi connectivity index (χ1n) is 16.6. The summed E-state index contributed by atoms with van der Waals surface area (Å²) in [6.07, 6.45) is 0. The second-order valence-corrected chi connectivity index (χ2v) is 14.5. The van der Waals surface area contributed by atoms with E-state index < -0.39 is 0 Å². The summed E-state index contributed by atoms with van der Waals surface area (Å²) >= 11 is 3.65. The quantitative estimate of drug-likeness (QED) is 0.182. The van der Waals surface area contributed by atoms with Crippen molar-refractivity contribution in [2.45, 2.75) is 0 Å². The van der Waals surface area contributed by atoms with Crippen molar-refractivity contribution in [2.24, 2.45) is 0 Å². The predicted molar refractivity (Wildman–Crippen MR) is 213 cm³/mol. The SMILES string of the molecule is c1ccc(-c2ccccc2-c2nc(-c3ccc(-c4cccc5c4sc4ccccc45)cc3)nc(-c3ccc4c(c3)sc3ccccc34)n2)cc1. The van der Waals surface area contributed by atoms with E-state index in [4.69, 9.17) is 15.0 Å². The van der Waals surface area contributed by atoms with Crippen LogP contribution in [-0.2, 0) is 0 Å². The molecule has 10 aromatic rings. The van der Waals surface area contributed by atoms with Crippen molar-refractivity contribution in [3.63, 3.8) is 0 Å². The highest BCUT2D eigenvalue weighted by molar-refractivity contribution is 7.26. The molecule has 0 amide bonds. The zero-order chi connectivity index (χ0) is 33.0. The van der Waals surface area contributed by atoms with Gasteiger partial charge in [-0.05, 0) is 40.5 Å². The maximum Gasteiger partial charge on any atom is 0.164 e. The average molecular weight is 674 g/mol. The molecule has 0 radical (unpaired) electrons. The Morgan fingerprint density at radius 3 is 1.62 bits per heavy atom. The number of fused-ring (bicyclic) bond motifs is 6. The van der Waals surface area contributed by atoms with Gasteiger partial charge < -0.3 is 0 Å². The van der Waals surface area contributed by atoms with Crippen molar-refractivity contribution in [2.75, 3.05) is 0 Å². The Bertz CT molecular complexity index is 2870. The summed E-state index contributed by atoms with van der Waals surface area (Å²) in [5.41, 5.74) is 7.51. The number of aromatic nitrogens is 3. The molecule has 0 saturated carbocycles. The van der Waals surface area contributed by atoms with Crippen molar-refractivity contribution in [3.8, 4) is 56.4 Å². The second kappa shape index (κ2) is 11.8. The van der Waals surface area contributed by atoms with Crippen LogP contribution in [0.5, 0.6) is 0 Å². The highest BCUT2D eigenvalue weighted by Gasteiger charge is 2.17. The van der Waals surface area contributed by atoms with Gasteiger partial charge in [0.25, 0.3) is 0 Å². The lowest BCUT2D eigenvalue weighted by Gasteiger charge is -2.12. The maximum atomic E-state index is 5.15. The lowest BCUT2D eigenvalue weighted by Crippen LogP contribution is -2.01. The topological polar surface area (TPSA) is 38.7 Å². The number of hydrogen-bond acceptors (Lipinski definition) is 5. The Morgan fingerprint density at radius 2 is 0.820 bits per heavy atom. The van der Waals surface area contributed by atoms with Gasteiger partial charge in [0.1, 0.15) is 0 Å². The molecule has 3 heterocycles. The molecule has 0 N–H and O–H groups in total. The van der Waals surface area contributed by atoms with Crippen molar-refractivity contribution >= 4 is 63.0 Å². The highest BCUT2D eigenvalue weighted by Crippen LogP contribution is 2.41. The smallest absolute Gasteiger partial charge is 0.164 e. The number of hydrogen-bond donors (Lipinski definition) is 0. The number of thiophene rings is 2. The Morgan fingerprint density at radius 1 is 0.300 bits per heavy atom. The van der Waals surface area contributed by atoms with Crippen LogP contribution in [0.1, 0.15) is 0 Å². The fourth-order valence-corrected chi connectivity index (χ4v) is 9.32. The maximum absolute atomic E-state index is 5.15. The summed E-state index contributed by atoms with van der Waals surface area (Å²) in [4.78, 5) is 15.4. The molecular weight excluding hydrogens is 647 g/mol. The molecule has 5 heteroatoms. The summed E-state index contributed by atoms with van der Waals surface area (Å²) in [7, 11) is 0. The van der Waals surface area contributed by atoms with Gasteiger partial charge in [-0.15, -0.1) is 22.7 Å². The minimum atomic E-state index is 0.649. The molecule has 0 saturated heterocycles. The van der Waals surface area contributed by atoms with Gasteiger partial charge in [0, 0.05) is 57.0 Å². The van der Waals surface area contributed by atoms with Crippen LogP contribution in [0.3, 0.4) is 0 Å². The zero-order valence-corrected chi connectivity index (χ0v) is 28.4. The first kappa shape index (κ1) is 29.0. The molecule has 234 valence electrons. The Labute approximate surface area is 296 Å². The lowest BCUT2D eigenvalue weighted by atomic mass is 9.99. The van der Waals surface area contributed by atoms with Gasteiger partial charge in [0.05, 0.1) is 0 Å². The fourth-order valence-electron chi connectivity index (χ4n) is 6.94. The molecule has 0 unspecified atom stereocenters. The number of rotatable bonds is 5. The first-order chi connectivity index (χ1) is 24.8. The van der Waals surface area contributed by atoms with Crippen LogP contribution in [0, 0.1) is 0 Å². The van der Waals surface area contributed by atoms with Gasteiger partial charge in [-0.1, -0.05) is 146 Å². The van der Waals surface area contributed by atoms with Crippen LogP contribution < -0.4 is 0 Å². The lowest BCUT2D eigenvalue weighted by molar-refractivity contribution is 1.07. The minimum Gasteiger partial charge on any atom is -0.208 e. The Balaban J connectivity index is 1.13. The average Bonchev–Trinajstić information content (AvgIpc) is 3.76. The molecule has 0 spiro atoms. The summed E-state index contributed by atoms with van der Waals surface area (Å²) < 4.78 is 5.11. The zero-order valence-electron chi connectivity index (χ0n) is 26.7. The molecule has 10 rings (SSSR count). The van der Waals surface area contributed by atoms with Crippen LogP contribution in [-0.4, -0.2) is 15.0 Å². The van der Waals surface area contributed by atoms with Crippen molar-refractivity contribution in [1.29, 1.82) is 0 Å². The summed E-state index contributed by atoms with van der Waals surface area (Å²) in [5, 5.41) is 5.13. The monoisotopic (exact) mass is 673 g/mol. The van der Waals surface area contributed by atoms with Gasteiger partial charge in [0.2, 0.25) is 0 Å². The standard InChI is InChI=1S/C45H27N3S2/c1-2-11-28(12-3-1)32-13-4-5-16-38(32)45-47-43(46-44(48-45)31-25-26-36-34-14-6-8-19-39(34)49-41(36)27-31)30-23-21-29(22-24-30)33-17-10-18-37-35-15-7-9-20-40(35)50-42(33)37/h1-27H. The molecule has 50 heavy (non-hydrogen) atoms. The Hall–Kier alpha value is -6.01. The molecule has 0 aliphatic heterocycles. The second-order valence-electron chi connectivity index (χ2n) is 12.4. The van der Waals surface area contributed by atoms with Crippen molar-refractivity contribution in [3.05, 3.63) is 164 Å². The molecule has 3 nitrogen and oxygen atoms in total. The largest absolute Gasteiger partial charge is 0.208 e. The van der Waals surface area contributed by atoms with Gasteiger partial charge in [-0.25, -0.2) is 15.0 Å². The first-order valence-corrected chi connectivity index (χ1v) is 18.2. The summed E-state index contributed by atoms with van der Waals surface area (Å²) in [5.74, 6) is 1.96. The van der Waals surface area contributed by atoms with E-state index in [-0.39, 0.29) is 0 Å². The van der Waals surface area contributed by atoms with Crippen LogP contribution in [0.15, 0.2) is 164 Å². The van der Waals surface area contributed by atoms with E-state index in [9.17, 15) is 0 Å². The van der Waals surface area contributed by atoms with E-state index in [0.29, 0.717) is 17.5 Å². The van der Waals surface area contributed by atoms with Crippen LogP contribution in [0.4, 0.5) is 0 Å². The molecule has 0 fully saturated rings. The van der Waals surface area contributed by atoms with Crippen LogP contribution in [0.25, 0.3) is 96.8 Å². The molecule has 0 aliphatic rings. The third kappa shape index (κ3) is 4.90. The van der Waals surface area contributed by atoms with Crippen LogP contribution in [0.2, 0.25) is 0 Å². The van der Waals surface area contributed by atoms with Crippen molar-refractivity contribution in [1.82, 2.24) is 15.0 Å². The van der Waals surface area contributed by atoms with Crippen LogP contribution >= 0.6 is 22.7 Å². The summed E-state index contributed by atoms with van der Waals surface area (Å²) in [6, 6.07) is 57.9. The predicted octanol–water partition coefficient (Wildman–Crippen LogP) is 12.9. The van der Waals surface area contributed by atoms with Gasteiger partial charge in [-0.2, -0.15) is 0 Å². The van der Waals surface area contributed by atoms with E-state index in [1.54, 1.807) is 11.3 Å². The third-order valence-corrected chi connectivity index (χ3v) is 11.7. The van der Waals surface area contributed by atoms with Crippen molar-refractivity contribution < 1.29 is 0 Å². The van der Waals surface area contributed by atoms with E-state index in [1.807, 2.05) is 17.4 Å². The Kier molecular flexibility index (Phi) is 6.86. The van der Waals surface area contributed by atoms with E-state index in [1.165, 1.54) is 51.5 Å². The molecule has 3 aromatic heterocycles.